The van der Waals surface area contributed by atoms with Crippen LogP contribution in [-0.2, 0) is 4.74 Å². The lowest BCUT2D eigenvalue weighted by atomic mass is 10.4. The molecular formula is C4H9FNO. The lowest BCUT2D eigenvalue weighted by Gasteiger charge is -2.03. The zero-order valence-electron chi connectivity index (χ0n) is 4.06. The molecule has 0 aromatic rings. The highest BCUT2D eigenvalue weighted by Crippen LogP contribution is 1.84. The fraction of sp³-hybridized carbons (Fsp3) is 0.750. The first-order valence-electron chi connectivity index (χ1n) is 2.02. The summed E-state index contributed by atoms with van der Waals surface area (Å²) in [4.78, 5) is 0. The minimum absolute atomic E-state index is 0.268. The van der Waals surface area contributed by atoms with E-state index in [0.717, 1.165) is 0 Å². The molecule has 43 valence electrons. The molecule has 0 aliphatic heterocycles. The Balaban J connectivity index is 2.83. The van der Waals surface area contributed by atoms with Crippen molar-refractivity contribution in [2.24, 2.45) is 5.73 Å². The van der Waals surface area contributed by atoms with Gasteiger partial charge in [-0.25, -0.2) is 4.39 Å². The molecule has 1 atom stereocenters. The fourth-order valence-electron chi connectivity index (χ4n) is 0.157. The van der Waals surface area contributed by atoms with Gasteiger partial charge in [-0.2, -0.15) is 0 Å². The molecule has 0 aromatic carbocycles. The largest absolute Gasteiger partial charge is 0.346 e. The van der Waals surface area contributed by atoms with Crippen LogP contribution in [-0.4, -0.2) is 19.5 Å². The van der Waals surface area contributed by atoms with Gasteiger partial charge in [0.25, 0.3) is 0 Å². The van der Waals surface area contributed by atoms with E-state index in [9.17, 15) is 4.39 Å². The minimum Gasteiger partial charge on any atom is -0.346 e. The van der Waals surface area contributed by atoms with Gasteiger partial charge in [0.2, 0.25) is 0 Å². The van der Waals surface area contributed by atoms with Crippen LogP contribution in [0.15, 0.2) is 0 Å². The molecule has 0 amide bonds. The molecule has 0 heterocycles. The number of hydrogen-bond donors (Lipinski definition) is 1. The summed E-state index contributed by atoms with van der Waals surface area (Å²) in [6.45, 7) is 2.83. The molecule has 2 nitrogen and oxygen atoms in total. The van der Waals surface area contributed by atoms with Crippen molar-refractivity contribution in [3.05, 3.63) is 6.92 Å². The van der Waals surface area contributed by atoms with Crippen LogP contribution in [0, 0.1) is 6.92 Å². The van der Waals surface area contributed by atoms with Gasteiger partial charge in [0, 0.05) is 6.54 Å². The van der Waals surface area contributed by atoms with Crippen LogP contribution < -0.4 is 5.73 Å². The third-order valence-corrected chi connectivity index (χ3v) is 0.562. The van der Waals surface area contributed by atoms with Gasteiger partial charge in [0.15, 0.2) is 6.86 Å². The number of halogens is 1. The summed E-state index contributed by atoms with van der Waals surface area (Å²) >= 11 is 0. The van der Waals surface area contributed by atoms with E-state index in [0.29, 0.717) is 0 Å². The summed E-state index contributed by atoms with van der Waals surface area (Å²) < 4.78 is 15.4. The van der Waals surface area contributed by atoms with E-state index in [-0.39, 0.29) is 6.54 Å². The highest BCUT2D eigenvalue weighted by Gasteiger charge is 1.94. The van der Waals surface area contributed by atoms with E-state index in [4.69, 9.17) is 5.73 Å². The average molecular weight is 106 g/mol. The van der Waals surface area contributed by atoms with Crippen molar-refractivity contribution < 1.29 is 9.13 Å². The van der Waals surface area contributed by atoms with Crippen molar-refractivity contribution in [1.82, 2.24) is 0 Å². The molecule has 1 radical (unpaired) electrons. The van der Waals surface area contributed by atoms with Crippen LogP contribution in [0.4, 0.5) is 4.39 Å². The second kappa shape index (κ2) is 4.02. The van der Waals surface area contributed by atoms with E-state index < -0.39 is 13.0 Å². The smallest absolute Gasteiger partial charge is 0.188 e. The zero-order valence-corrected chi connectivity index (χ0v) is 4.06. The number of nitrogens with two attached hydrogens (primary N) is 1. The van der Waals surface area contributed by atoms with Crippen LogP contribution in [0.25, 0.3) is 0 Å². The van der Waals surface area contributed by atoms with Crippen LogP contribution in [0.1, 0.15) is 0 Å². The molecule has 0 aliphatic carbocycles. The Bertz CT molecular complexity index is 42.7. The minimum atomic E-state index is -0.800. The summed E-state index contributed by atoms with van der Waals surface area (Å²) in [7, 11) is 0. The predicted molar refractivity (Wildman–Crippen MR) is 25.3 cm³/mol. The highest BCUT2D eigenvalue weighted by atomic mass is 19.1. The van der Waals surface area contributed by atoms with Crippen molar-refractivity contribution in [3.63, 3.8) is 0 Å². The summed E-state index contributed by atoms with van der Waals surface area (Å²) in [5.74, 6) is 0. The molecule has 0 aliphatic rings. The van der Waals surface area contributed by atoms with Gasteiger partial charge < -0.3 is 10.5 Å². The molecule has 0 saturated carbocycles. The van der Waals surface area contributed by atoms with Gasteiger partial charge in [0.05, 0.1) is 6.10 Å². The molecule has 2 N–H and O–H groups in total. The Morgan fingerprint density at radius 3 is 2.57 bits per heavy atom. The van der Waals surface area contributed by atoms with E-state index in [1.807, 2.05) is 0 Å². The molecule has 0 fully saturated rings. The maximum absolute atomic E-state index is 11.1. The Hall–Kier alpha value is -0.150. The maximum Gasteiger partial charge on any atom is 0.188 e. The number of rotatable bonds is 3. The topological polar surface area (TPSA) is 35.2 Å². The summed E-state index contributed by atoms with van der Waals surface area (Å²) in [6, 6.07) is 0. The maximum atomic E-state index is 11.1. The van der Waals surface area contributed by atoms with Crippen molar-refractivity contribution in [1.29, 1.82) is 0 Å². The fourth-order valence-corrected chi connectivity index (χ4v) is 0.157. The van der Waals surface area contributed by atoms with E-state index in [1.165, 1.54) is 0 Å². The molecule has 0 aromatic heterocycles. The van der Waals surface area contributed by atoms with Crippen LogP contribution in [0.5, 0.6) is 0 Å². The molecule has 0 spiro atoms. The predicted octanol–water partition coefficient (Wildman–Crippen LogP) is 0.0914. The molecule has 7 heavy (non-hydrogen) atoms. The summed E-state index contributed by atoms with van der Waals surface area (Å²) in [5, 5.41) is 0. The van der Waals surface area contributed by atoms with Crippen LogP contribution in [0.2, 0.25) is 0 Å². The molecule has 3 heteroatoms. The molecule has 0 unspecified atom stereocenters. The Kier molecular flexibility index (Phi) is 3.93. The monoisotopic (exact) mass is 106 g/mol. The van der Waals surface area contributed by atoms with Gasteiger partial charge in [-0.05, 0) is 6.92 Å². The molecule has 0 saturated heterocycles. The van der Waals surface area contributed by atoms with Crippen molar-refractivity contribution in [3.8, 4) is 0 Å². The summed E-state index contributed by atoms with van der Waals surface area (Å²) in [6.07, 6.45) is -0.398. The Morgan fingerprint density at radius 1 is 1.86 bits per heavy atom. The number of hydrogen-bond acceptors (Lipinski definition) is 2. The van der Waals surface area contributed by atoms with Crippen molar-refractivity contribution in [2.45, 2.75) is 6.10 Å². The van der Waals surface area contributed by atoms with Gasteiger partial charge >= 0.3 is 0 Å². The van der Waals surface area contributed by atoms with Gasteiger partial charge in [-0.3, -0.25) is 0 Å². The first-order valence-corrected chi connectivity index (χ1v) is 2.02. The number of ether oxygens (including phenoxy) is 1. The molecular weight excluding hydrogens is 97.0 g/mol. The van der Waals surface area contributed by atoms with Gasteiger partial charge in [-0.15, -0.1) is 0 Å². The standard InChI is InChI=1S/C4H9FNO/c1-4(2-6)7-3-5/h4H,1-3,6H2/t4-/m1/s1. The average Bonchev–Trinajstić information content (AvgIpc) is 1.68. The second-order valence-electron chi connectivity index (χ2n) is 1.13. The first-order chi connectivity index (χ1) is 3.31. The van der Waals surface area contributed by atoms with E-state index in [1.54, 1.807) is 0 Å². The third-order valence-electron chi connectivity index (χ3n) is 0.562. The Morgan fingerprint density at radius 2 is 2.43 bits per heavy atom. The third kappa shape index (κ3) is 3.69. The Labute approximate surface area is 42.5 Å². The van der Waals surface area contributed by atoms with Gasteiger partial charge in [-0.1, -0.05) is 0 Å². The lowest BCUT2D eigenvalue weighted by Crippen LogP contribution is -2.19. The lowest BCUT2D eigenvalue weighted by molar-refractivity contribution is 0.0232. The van der Waals surface area contributed by atoms with Crippen LogP contribution >= 0.6 is 0 Å². The molecule has 0 bridgehead atoms. The summed E-state index contributed by atoms with van der Waals surface area (Å²) in [5.41, 5.74) is 5.00. The van der Waals surface area contributed by atoms with E-state index >= 15 is 0 Å². The van der Waals surface area contributed by atoms with Crippen molar-refractivity contribution >= 4 is 0 Å². The number of alkyl halides is 1. The normalized spacial score (nSPS) is 14.1. The SMILES string of the molecule is [CH2][C@H](CN)OCF. The second-order valence-corrected chi connectivity index (χ2v) is 1.13. The zero-order chi connectivity index (χ0) is 5.70. The van der Waals surface area contributed by atoms with Gasteiger partial charge in [0.1, 0.15) is 0 Å². The highest BCUT2D eigenvalue weighted by molar-refractivity contribution is 4.57. The van der Waals surface area contributed by atoms with Crippen molar-refractivity contribution in [2.75, 3.05) is 13.4 Å². The van der Waals surface area contributed by atoms with E-state index in [2.05, 4.69) is 11.7 Å². The first kappa shape index (κ1) is 6.85. The van der Waals surface area contributed by atoms with Crippen LogP contribution in [0.3, 0.4) is 0 Å². The quantitative estimate of drug-likeness (QED) is 0.553. The molecule has 0 rings (SSSR count).